The average molecular weight is 460 g/mol. The molecule has 32 heavy (non-hydrogen) atoms. The molecular formula is C23H30FN5O2S. The molecule has 4 rings (SSSR count). The molecule has 0 bridgehead atoms. The number of nitrogens with zero attached hydrogens (tertiary/aromatic N) is 3. The first-order chi connectivity index (χ1) is 15.6. The van der Waals surface area contributed by atoms with E-state index in [0.717, 1.165) is 10.7 Å². The van der Waals surface area contributed by atoms with Crippen molar-refractivity contribution >= 4 is 28.3 Å². The summed E-state index contributed by atoms with van der Waals surface area (Å²) in [6.45, 7) is 3.11. The summed E-state index contributed by atoms with van der Waals surface area (Å²) >= 11 is 1.49. The van der Waals surface area contributed by atoms with E-state index in [9.17, 15) is 14.0 Å². The third kappa shape index (κ3) is 6.26. The molecule has 0 unspecified atom stereocenters. The smallest absolute Gasteiger partial charge is 0.273 e. The van der Waals surface area contributed by atoms with Crippen molar-refractivity contribution in [3.05, 3.63) is 46.7 Å². The van der Waals surface area contributed by atoms with E-state index in [1.165, 1.54) is 55.6 Å². The molecule has 2 amide bonds. The fraction of sp³-hybridized carbons (Fsp3) is 0.522. The van der Waals surface area contributed by atoms with Crippen LogP contribution in [0, 0.1) is 5.82 Å². The van der Waals surface area contributed by atoms with Crippen molar-refractivity contribution in [2.45, 2.75) is 44.7 Å². The summed E-state index contributed by atoms with van der Waals surface area (Å²) in [5.41, 5.74) is 1.36. The van der Waals surface area contributed by atoms with E-state index in [-0.39, 0.29) is 24.2 Å². The second kappa shape index (κ2) is 10.9. The maximum Gasteiger partial charge on any atom is 0.273 e. The van der Waals surface area contributed by atoms with Crippen LogP contribution in [0.5, 0.6) is 0 Å². The van der Waals surface area contributed by atoms with Crippen LogP contribution in [-0.4, -0.2) is 65.4 Å². The van der Waals surface area contributed by atoms with Gasteiger partial charge in [-0.2, -0.15) is 0 Å². The summed E-state index contributed by atoms with van der Waals surface area (Å²) in [7, 11) is 0. The maximum absolute atomic E-state index is 13.0. The molecule has 1 aliphatic heterocycles. The minimum atomic E-state index is -0.290. The minimum Gasteiger partial charge on any atom is -0.359 e. The van der Waals surface area contributed by atoms with E-state index in [1.54, 1.807) is 12.1 Å². The van der Waals surface area contributed by atoms with Crippen molar-refractivity contribution in [1.82, 2.24) is 20.1 Å². The normalized spacial score (nSPS) is 17.8. The summed E-state index contributed by atoms with van der Waals surface area (Å²) < 4.78 is 13.0. The zero-order valence-corrected chi connectivity index (χ0v) is 19.0. The number of amides is 2. The Balaban J connectivity index is 1.19. The standard InChI is InChI=1S/C23H30FN5O2S/c24-18-8-6-17(7-9-18)14-25-21(30)15-28-10-12-29(13-11-28)22(31)20-16-32-23(27-20)26-19-4-2-1-3-5-19/h6-9,16,19H,1-5,10-15H2,(H,25,30)(H,26,27). The van der Waals surface area contributed by atoms with E-state index in [1.807, 2.05) is 15.2 Å². The Bertz CT molecular complexity index is 905. The molecule has 2 fully saturated rings. The summed E-state index contributed by atoms with van der Waals surface area (Å²) in [6, 6.07) is 6.56. The number of piperazine rings is 1. The first-order valence-corrected chi connectivity index (χ1v) is 12.2. The lowest BCUT2D eigenvalue weighted by Gasteiger charge is -2.34. The van der Waals surface area contributed by atoms with Gasteiger partial charge in [0.05, 0.1) is 6.54 Å². The molecule has 1 aromatic heterocycles. The van der Waals surface area contributed by atoms with Crippen LogP contribution in [0.25, 0.3) is 0 Å². The number of nitrogens with one attached hydrogen (secondary N) is 2. The van der Waals surface area contributed by atoms with Gasteiger partial charge in [0.2, 0.25) is 5.91 Å². The van der Waals surface area contributed by atoms with Gasteiger partial charge in [-0.05, 0) is 30.5 Å². The van der Waals surface area contributed by atoms with Crippen LogP contribution in [0.4, 0.5) is 9.52 Å². The maximum atomic E-state index is 13.0. The number of hydrogen-bond donors (Lipinski definition) is 2. The fourth-order valence-electron chi connectivity index (χ4n) is 4.19. The lowest BCUT2D eigenvalue weighted by Crippen LogP contribution is -2.51. The molecule has 2 heterocycles. The van der Waals surface area contributed by atoms with Crippen LogP contribution in [-0.2, 0) is 11.3 Å². The van der Waals surface area contributed by atoms with Crippen molar-refractivity contribution in [3.8, 4) is 0 Å². The van der Waals surface area contributed by atoms with Gasteiger partial charge in [-0.3, -0.25) is 14.5 Å². The Hall–Kier alpha value is -2.52. The van der Waals surface area contributed by atoms with Gasteiger partial charge in [-0.1, -0.05) is 31.4 Å². The summed E-state index contributed by atoms with van der Waals surface area (Å²) in [5, 5.41) is 9.01. The van der Waals surface area contributed by atoms with Gasteiger partial charge < -0.3 is 15.5 Å². The molecule has 0 atom stereocenters. The van der Waals surface area contributed by atoms with Crippen LogP contribution < -0.4 is 10.6 Å². The van der Waals surface area contributed by atoms with Gasteiger partial charge in [-0.25, -0.2) is 9.37 Å². The molecule has 9 heteroatoms. The second-order valence-electron chi connectivity index (χ2n) is 8.49. The largest absolute Gasteiger partial charge is 0.359 e. The Morgan fingerprint density at radius 3 is 2.50 bits per heavy atom. The quantitative estimate of drug-likeness (QED) is 0.665. The second-order valence-corrected chi connectivity index (χ2v) is 9.35. The predicted molar refractivity (Wildman–Crippen MR) is 123 cm³/mol. The van der Waals surface area contributed by atoms with Gasteiger partial charge >= 0.3 is 0 Å². The van der Waals surface area contributed by atoms with Gasteiger partial charge in [0.25, 0.3) is 5.91 Å². The molecule has 2 N–H and O–H groups in total. The Morgan fingerprint density at radius 2 is 1.78 bits per heavy atom. The van der Waals surface area contributed by atoms with E-state index < -0.39 is 0 Å². The number of benzene rings is 1. The van der Waals surface area contributed by atoms with Crippen LogP contribution in [0.1, 0.15) is 48.2 Å². The SMILES string of the molecule is O=C(CN1CCN(C(=O)c2csc(NC3CCCCC3)n2)CC1)NCc1ccc(F)cc1. The Kier molecular flexibility index (Phi) is 7.70. The highest BCUT2D eigenvalue weighted by Gasteiger charge is 2.25. The number of thiazole rings is 1. The lowest BCUT2D eigenvalue weighted by molar-refractivity contribution is -0.122. The lowest BCUT2D eigenvalue weighted by atomic mass is 9.96. The van der Waals surface area contributed by atoms with Gasteiger partial charge in [0.15, 0.2) is 5.13 Å². The summed E-state index contributed by atoms with van der Waals surface area (Å²) in [6.07, 6.45) is 6.15. The molecule has 1 saturated heterocycles. The molecule has 1 aromatic carbocycles. The van der Waals surface area contributed by atoms with Gasteiger partial charge in [0, 0.05) is 44.1 Å². The van der Waals surface area contributed by atoms with E-state index in [0.29, 0.717) is 44.5 Å². The molecular weight excluding hydrogens is 429 g/mol. The number of aromatic nitrogens is 1. The highest BCUT2D eigenvalue weighted by Crippen LogP contribution is 2.24. The van der Waals surface area contributed by atoms with Gasteiger partial charge in [0.1, 0.15) is 11.5 Å². The molecule has 2 aromatic rings. The zero-order chi connectivity index (χ0) is 22.3. The molecule has 0 spiro atoms. The fourth-order valence-corrected chi connectivity index (χ4v) is 4.96. The topological polar surface area (TPSA) is 77.6 Å². The van der Waals surface area contributed by atoms with Gasteiger partial charge in [-0.15, -0.1) is 11.3 Å². The Morgan fingerprint density at radius 1 is 1.06 bits per heavy atom. The highest BCUT2D eigenvalue weighted by molar-refractivity contribution is 7.13. The molecule has 1 aliphatic carbocycles. The molecule has 7 nitrogen and oxygen atoms in total. The first-order valence-electron chi connectivity index (χ1n) is 11.3. The van der Waals surface area contributed by atoms with Crippen molar-refractivity contribution in [1.29, 1.82) is 0 Å². The molecule has 0 radical (unpaired) electrons. The number of hydrogen-bond acceptors (Lipinski definition) is 6. The highest BCUT2D eigenvalue weighted by atomic mass is 32.1. The van der Waals surface area contributed by atoms with Crippen molar-refractivity contribution < 1.29 is 14.0 Å². The minimum absolute atomic E-state index is 0.0432. The van der Waals surface area contributed by atoms with Crippen molar-refractivity contribution in [3.63, 3.8) is 0 Å². The van der Waals surface area contributed by atoms with Crippen molar-refractivity contribution in [2.75, 3.05) is 38.0 Å². The average Bonchev–Trinajstić information content (AvgIpc) is 3.28. The molecule has 1 saturated carbocycles. The van der Waals surface area contributed by atoms with E-state index >= 15 is 0 Å². The summed E-state index contributed by atoms with van der Waals surface area (Å²) in [4.78, 5) is 33.4. The summed E-state index contributed by atoms with van der Waals surface area (Å²) in [5.74, 6) is -0.410. The first kappa shape index (κ1) is 22.7. The molecule has 172 valence electrons. The number of carbonyl (C=O) groups excluding carboxylic acids is 2. The number of rotatable bonds is 7. The number of halogens is 1. The van der Waals surface area contributed by atoms with Crippen LogP contribution in [0.2, 0.25) is 0 Å². The molecule has 2 aliphatic rings. The van der Waals surface area contributed by atoms with E-state index in [4.69, 9.17) is 0 Å². The van der Waals surface area contributed by atoms with Crippen molar-refractivity contribution in [2.24, 2.45) is 0 Å². The van der Waals surface area contributed by atoms with Crippen LogP contribution >= 0.6 is 11.3 Å². The zero-order valence-electron chi connectivity index (χ0n) is 18.2. The van der Waals surface area contributed by atoms with Crippen LogP contribution in [0.15, 0.2) is 29.6 Å². The third-order valence-corrected chi connectivity index (χ3v) is 6.86. The van der Waals surface area contributed by atoms with E-state index in [2.05, 4.69) is 15.6 Å². The number of anilines is 1. The number of carbonyl (C=O) groups is 2. The third-order valence-electron chi connectivity index (χ3n) is 6.09. The Labute approximate surface area is 192 Å². The predicted octanol–water partition coefficient (Wildman–Crippen LogP) is 3.10. The van der Waals surface area contributed by atoms with Crippen LogP contribution in [0.3, 0.4) is 0 Å². The monoisotopic (exact) mass is 459 g/mol.